The van der Waals surface area contributed by atoms with Crippen LogP contribution in [0.3, 0.4) is 0 Å². The summed E-state index contributed by atoms with van der Waals surface area (Å²) < 4.78 is 0. The van der Waals surface area contributed by atoms with Crippen LogP contribution >= 0.6 is 0 Å². The number of aryl methyl sites for hydroxylation is 1. The van der Waals surface area contributed by atoms with Crippen LogP contribution in [0.2, 0.25) is 0 Å². The van der Waals surface area contributed by atoms with E-state index in [0.29, 0.717) is 5.56 Å². The van der Waals surface area contributed by atoms with Crippen molar-refractivity contribution in [2.75, 3.05) is 0 Å². The molecule has 1 aliphatic carbocycles. The highest BCUT2D eigenvalue weighted by molar-refractivity contribution is 5.87. The van der Waals surface area contributed by atoms with Gasteiger partial charge in [0.2, 0.25) is 0 Å². The lowest BCUT2D eigenvalue weighted by atomic mass is 9.72. The molecule has 0 saturated heterocycles. The number of hydrogen-bond acceptors (Lipinski definition) is 2. The highest BCUT2D eigenvalue weighted by atomic mass is 16.4. The van der Waals surface area contributed by atoms with Gasteiger partial charge in [-0.05, 0) is 60.6 Å². The van der Waals surface area contributed by atoms with E-state index >= 15 is 0 Å². The number of aromatic hydroxyl groups is 1. The SMILES string of the molecule is CC1(C)CCCc2ccc(C#Cc3ccc(C(=O)O)cc3)c(O)c21. The third-order valence-electron chi connectivity index (χ3n) is 4.66. The van der Waals surface area contributed by atoms with E-state index in [2.05, 4.69) is 31.8 Å². The summed E-state index contributed by atoms with van der Waals surface area (Å²) in [6.07, 6.45) is 3.19. The first-order chi connectivity index (χ1) is 11.4. The molecule has 0 saturated carbocycles. The van der Waals surface area contributed by atoms with Gasteiger partial charge in [0.25, 0.3) is 0 Å². The van der Waals surface area contributed by atoms with Crippen LogP contribution in [0, 0.1) is 11.8 Å². The summed E-state index contributed by atoms with van der Waals surface area (Å²) in [4.78, 5) is 10.9. The predicted molar refractivity (Wildman–Crippen MR) is 93.5 cm³/mol. The van der Waals surface area contributed by atoms with E-state index in [1.54, 1.807) is 12.1 Å². The number of hydrogen-bond donors (Lipinski definition) is 2. The Balaban J connectivity index is 1.96. The fourth-order valence-corrected chi connectivity index (χ4v) is 3.38. The molecule has 0 bridgehead atoms. The van der Waals surface area contributed by atoms with Crippen molar-refractivity contribution in [1.29, 1.82) is 0 Å². The number of phenolic OH excluding ortho intramolecular Hbond substituents is 1. The molecule has 0 heterocycles. The third-order valence-corrected chi connectivity index (χ3v) is 4.66. The molecule has 0 aromatic heterocycles. The van der Waals surface area contributed by atoms with E-state index in [1.165, 1.54) is 17.7 Å². The maximum Gasteiger partial charge on any atom is 0.335 e. The number of rotatable bonds is 1. The lowest BCUT2D eigenvalue weighted by Gasteiger charge is -2.33. The first-order valence-electron chi connectivity index (χ1n) is 8.09. The van der Waals surface area contributed by atoms with Crippen molar-refractivity contribution in [3.63, 3.8) is 0 Å². The average molecular weight is 320 g/mol. The number of carbonyl (C=O) groups is 1. The van der Waals surface area contributed by atoms with Crippen LogP contribution < -0.4 is 0 Å². The summed E-state index contributed by atoms with van der Waals surface area (Å²) in [6.45, 7) is 4.32. The van der Waals surface area contributed by atoms with Gasteiger partial charge in [-0.2, -0.15) is 0 Å². The van der Waals surface area contributed by atoms with Crippen molar-refractivity contribution in [2.45, 2.75) is 38.5 Å². The highest BCUT2D eigenvalue weighted by Crippen LogP contribution is 2.42. The largest absolute Gasteiger partial charge is 0.506 e. The molecule has 24 heavy (non-hydrogen) atoms. The molecule has 2 aromatic rings. The molecule has 0 unspecified atom stereocenters. The zero-order valence-electron chi connectivity index (χ0n) is 13.9. The van der Waals surface area contributed by atoms with E-state index < -0.39 is 5.97 Å². The molecule has 2 N–H and O–H groups in total. The summed E-state index contributed by atoms with van der Waals surface area (Å²) in [5.41, 5.74) is 3.75. The minimum absolute atomic E-state index is 0.0432. The summed E-state index contributed by atoms with van der Waals surface area (Å²) in [5, 5.41) is 19.6. The van der Waals surface area contributed by atoms with Crippen LogP contribution in [-0.4, -0.2) is 16.2 Å². The molecule has 1 aliphatic rings. The average Bonchev–Trinajstić information content (AvgIpc) is 2.54. The van der Waals surface area contributed by atoms with E-state index in [4.69, 9.17) is 5.11 Å². The topological polar surface area (TPSA) is 57.5 Å². The van der Waals surface area contributed by atoms with Gasteiger partial charge in [0, 0.05) is 11.1 Å². The molecule has 0 aliphatic heterocycles. The van der Waals surface area contributed by atoms with Crippen LogP contribution in [-0.2, 0) is 11.8 Å². The molecule has 3 rings (SSSR count). The van der Waals surface area contributed by atoms with Crippen LogP contribution in [0.15, 0.2) is 36.4 Å². The Morgan fingerprint density at radius 2 is 1.79 bits per heavy atom. The van der Waals surface area contributed by atoms with Crippen molar-refractivity contribution in [3.05, 3.63) is 64.2 Å². The maximum absolute atomic E-state index is 10.9. The second-order valence-corrected chi connectivity index (χ2v) is 6.87. The molecule has 0 amide bonds. The fraction of sp³-hybridized carbons (Fsp3) is 0.286. The molecule has 2 aromatic carbocycles. The van der Waals surface area contributed by atoms with E-state index in [9.17, 15) is 9.90 Å². The molecular weight excluding hydrogens is 300 g/mol. The summed E-state index contributed by atoms with van der Waals surface area (Å²) >= 11 is 0. The molecule has 0 spiro atoms. The zero-order chi connectivity index (χ0) is 17.3. The zero-order valence-corrected chi connectivity index (χ0v) is 13.9. The smallest absolute Gasteiger partial charge is 0.335 e. The van der Waals surface area contributed by atoms with Crippen LogP contribution in [0.4, 0.5) is 0 Å². The Morgan fingerprint density at radius 3 is 2.46 bits per heavy atom. The van der Waals surface area contributed by atoms with Gasteiger partial charge in [0.15, 0.2) is 0 Å². The van der Waals surface area contributed by atoms with Crippen LogP contribution in [0.5, 0.6) is 5.75 Å². The quantitative estimate of drug-likeness (QED) is 0.778. The Kier molecular flexibility index (Phi) is 4.07. The lowest BCUT2D eigenvalue weighted by Crippen LogP contribution is -2.24. The minimum Gasteiger partial charge on any atom is -0.506 e. The first-order valence-corrected chi connectivity index (χ1v) is 8.09. The third kappa shape index (κ3) is 3.00. The summed E-state index contributed by atoms with van der Waals surface area (Å²) in [5.74, 6) is 5.35. The Labute approximate surface area is 142 Å². The standard InChI is InChI=1S/C21H20O3/c1-21(2)13-3-4-15-11-12-16(19(22)18(15)21)8-5-14-6-9-17(10-7-14)20(23)24/h6-7,9-12,22H,3-4,13H2,1-2H3,(H,23,24). The Morgan fingerprint density at radius 1 is 1.08 bits per heavy atom. The number of aromatic carboxylic acids is 1. The number of carboxylic acid groups (broad SMARTS) is 1. The number of benzene rings is 2. The van der Waals surface area contributed by atoms with E-state index in [-0.39, 0.29) is 16.7 Å². The fourth-order valence-electron chi connectivity index (χ4n) is 3.38. The van der Waals surface area contributed by atoms with Crippen molar-refractivity contribution in [2.24, 2.45) is 0 Å². The van der Waals surface area contributed by atoms with Gasteiger partial charge in [-0.1, -0.05) is 31.8 Å². The molecular formula is C21H20O3. The van der Waals surface area contributed by atoms with Gasteiger partial charge in [0.1, 0.15) is 5.75 Å². The minimum atomic E-state index is -0.955. The van der Waals surface area contributed by atoms with Gasteiger partial charge < -0.3 is 10.2 Å². The second-order valence-electron chi connectivity index (χ2n) is 6.87. The number of carboxylic acids is 1. The van der Waals surface area contributed by atoms with Crippen molar-refractivity contribution >= 4 is 5.97 Å². The van der Waals surface area contributed by atoms with Gasteiger partial charge in [-0.15, -0.1) is 0 Å². The summed E-state index contributed by atoms with van der Waals surface area (Å²) in [7, 11) is 0. The second kappa shape index (κ2) is 6.05. The lowest BCUT2D eigenvalue weighted by molar-refractivity contribution is 0.0697. The van der Waals surface area contributed by atoms with Crippen LogP contribution in [0.1, 0.15) is 59.3 Å². The van der Waals surface area contributed by atoms with Crippen molar-refractivity contribution < 1.29 is 15.0 Å². The van der Waals surface area contributed by atoms with Gasteiger partial charge >= 0.3 is 5.97 Å². The Hall–Kier alpha value is -2.73. The first kappa shape index (κ1) is 16.1. The number of fused-ring (bicyclic) bond motifs is 1. The highest BCUT2D eigenvalue weighted by Gasteiger charge is 2.31. The van der Waals surface area contributed by atoms with Crippen molar-refractivity contribution in [3.8, 4) is 17.6 Å². The summed E-state index contributed by atoms with van der Waals surface area (Å²) in [6, 6.07) is 10.3. The molecule has 3 heteroatoms. The van der Waals surface area contributed by atoms with Gasteiger partial charge in [-0.25, -0.2) is 4.79 Å². The van der Waals surface area contributed by atoms with E-state index in [0.717, 1.165) is 30.4 Å². The van der Waals surface area contributed by atoms with Gasteiger partial charge in [-0.3, -0.25) is 0 Å². The van der Waals surface area contributed by atoms with Gasteiger partial charge in [0.05, 0.1) is 11.1 Å². The molecule has 3 nitrogen and oxygen atoms in total. The predicted octanol–water partition coefficient (Wildman–Crippen LogP) is 4.10. The molecule has 0 radical (unpaired) electrons. The van der Waals surface area contributed by atoms with E-state index in [1.807, 2.05) is 6.07 Å². The van der Waals surface area contributed by atoms with Crippen LogP contribution in [0.25, 0.3) is 0 Å². The normalized spacial score (nSPS) is 15.1. The van der Waals surface area contributed by atoms with Crippen molar-refractivity contribution in [1.82, 2.24) is 0 Å². The maximum atomic E-state index is 10.9. The molecule has 0 atom stereocenters. The number of phenols is 1. The monoisotopic (exact) mass is 320 g/mol. The Bertz CT molecular complexity index is 849. The molecule has 0 fully saturated rings. The molecule has 122 valence electrons.